The van der Waals surface area contributed by atoms with Crippen molar-refractivity contribution in [2.75, 3.05) is 11.1 Å². The Labute approximate surface area is 121 Å². The molecule has 0 aliphatic carbocycles. The Morgan fingerprint density at radius 3 is 2.83 bits per heavy atom. The molecule has 98 valence electrons. The number of aliphatic imine (C=N–C) groups is 1. The minimum Gasteiger partial charge on any atom is -0.334 e. The largest absolute Gasteiger partial charge is 0.334 e. The number of halogens is 1. The molecule has 0 spiro atoms. The van der Waals surface area contributed by atoms with E-state index in [-0.39, 0.29) is 5.41 Å². The van der Waals surface area contributed by atoms with Gasteiger partial charge in [0.25, 0.3) is 0 Å². The summed E-state index contributed by atoms with van der Waals surface area (Å²) in [4.78, 5) is 8.95. The van der Waals surface area contributed by atoms with Crippen molar-refractivity contribution in [1.29, 1.82) is 0 Å². The van der Waals surface area contributed by atoms with Gasteiger partial charge in [-0.1, -0.05) is 32.5 Å². The number of hydrogen-bond donors (Lipinski definition) is 1. The van der Waals surface area contributed by atoms with Crippen LogP contribution in [-0.4, -0.2) is 21.9 Å². The summed E-state index contributed by atoms with van der Waals surface area (Å²) in [7, 11) is 0. The first kappa shape index (κ1) is 13.9. The summed E-state index contributed by atoms with van der Waals surface area (Å²) in [5.74, 6) is 1.12. The fraction of sp³-hybridized carbons (Fsp3) is 0.538. The molecule has 0 saturated carbocycles. The number of thioether (sulfide) groups is 1. The molecule has 0 fully saturated rings. The van der Waals surface area contributed by atoms with Gasteiger partial charge in [-0.15, -0.1) is 0 Å². The van der Waals surface area contributed by atoms with Gasteiger partial charge in [-0.05, 0) is 33.8 Å². The zero-order valence-electron chi connectivity index (χ0n) is 10.9. The molecule has 0 radical (unpaired) electrons. The Morgan fingerprint density at radius 1 is 1.39 bits per heavy atom. The molecule has 2 rings (SSSR count). The number of anilines is 1. The summed E-state index contributed by atoms with van der Waals surface area (Å²) in [5.41, 5.74) is 1.20. The quantitative estimate of drug-likeness (QED) is 0.841. The number of nitrogens with zero attached hydrogens (tertiary/aromatic N) is 2. The fourth-order valence-electron chi connectivity index (χ4n) is 1.81. The van der Waals surface area contributed by atoms with E-state index in [0.29, 0.717) is 6.04 Å². The van der Waals surface area contributed by atoms with E-state index in [1.54, 1.807) is 18.0 Å². The molecule has 0 saturated heterocycles. The predicted octanol–water partition coefficient (Wildman–Crippen LogP) is 4.16. The predicted molar refractivity (Wildman–Crippen MR) is 83.3 cm³/mol. The highest BCUT2D eigenvalue weighted by Gasteiger charge is 2.27. The molecule has 2 heterocycles. The van der Waals surface area contributed by atoms with Crippen molar-refractivity contribution in [2.45, 2.75) is 33.2 Å². The van der Waals surface area contributed by atoms with Crippen LogP contribution in [0.4, 0.5) is 5.69 Å². The molecule has 0 amide bonds. The van der Waals surface area contributed by atoms with Gasteiger partial charge in [-0.25, -0.2) is 0 Å². The third-order valence-corrected chi connectivity index (χ3v) is 4.21. The zero-order chi connectivity index (χ0) is 13.2. The molecule has 1 aliphatic heterocycles. The highest BCUT2D eigenvalue weighted by molar-refractivity contribution is 9.10. The third kappa shape index (κ3) is 3.72. The standard InChI is InChI=1S/C13H18BrN3S/c1-13(2,3)11-4-5-18-12(17-11)16-10-6-9(14)7-15-8-10/h6-8,11H,4-5H2,1-3H3,(H,16,17). The Balaban J connectivity index is 2.11. The Morgan fingerprint density at radius 2 is 2.17 bits per heavy atom. The van der Waals surface area contributed by atoms with Crippen LogP contribution in [-0.2, 0) is 0 Å². The number of rotatable bonds is 1. The van der Waals surface area contributed by atoms with Crippen LogP contribution in [0.15, 0.2) is 27.9 Å². The normalized spacial score (nSPS) is 20.4. The summed E-state index contributed by atoms with van der Waals surface area (Å²) < 4.78 is 0.973. The summed E-state index contributed by atoms with van der Waals surface area (Å²) in [6.07, 6.45) is 4.74. The van der Waals surface area contributed by atoms with Gasteiger partial charge >= 0.3 is 0 Å². The molecule has 1 aliphatic rings. The molecule has 1 N–H and O–H groups in total. The highest BCUT2D eigenvalue weighted by atomic mass is 79.9. The smallest absolute Gasteiger partial charge is 0.161 e. The van der Waals surface area contributed by atoms with Crippen molar-refractivity contribution in [2.24, 2.45) is 10.4 Å². The minimum absolute atomic E-state index is 0.226. The fourth-order valence-corrected chi connectivity index (χ4v) is 3.10. The molecule has 1 aromatic heterocycles. The third-order valence-electron chi connectivity index (χ3n) is 2.86. The van der Waals surface area contributed by atoms with Gasteiger partial charge in [0.05, 0.1) is 17.9 Å². The van der Waals surface area contributed by atoms with E-state index in [1.165, 1.54) is 0 Å². The number of pyridine rings is 1. The molecular formula is C13H18BrN3S. The number of amidine groups is 1. The van der Waals surface area contributed by atoms with Crippen molar-refractivity contribution in [3.05, 3.63) is 22.9 Å². The summed E-state index contributed by atoms with van der Waals surface area (Å²) >= 11 is 5.20. The Bertz CT molecular complexity index is 454. The van der Waals surface area contributed by atoms with Crippen molar-refractivity contribution >= 4 is 38.5 Å². The lowest BCUT2D eigenvalue weighted by molar-refractivity contribution is 0.316. The molecule has 1 aromatic rings. The Hall–Kier alpha value is -0.550. The minimum atomic E-state index is 0.226. The average molecular weight is 328 g/mol. The van der Waals surface area contributed by atoms with Crippen molar-refractivity contribution in [3.8, 4) is 0 Å². The number of aromatic nitrogens is 1. The topological polar surface area (TPSA) is 37.3 Å². The van der Waals surface area contributed by atoms with Crippen LogP contribution < -0.4 is 5.32 Å². The molecule has 0 bridgehead atoms. The van der Waals surface area contributed by atoms with Gasteiger partial charge in [-0.2, -0.15) is 0 Å². The highest BCUT2D eigenvalue weighted by Crippen LogP contribution is 2.31. The van der Waals surface area contributed by atoms with Crippen molar-refractivity contribution in [3.63, 3.8) is 0 Å². The molecule has 18 heavy (non-hydrogen) atoms. The maximum Gasteiger partial charge on any atom is 0.161 e. The van der Waals surface area contributed by atoms with Crippen molar-refractivity contribution < 1.29 is 0 Å². The molecule has 5 heteroatoms. The summed E-state index contributed by atoms with van der Waals surface area (Å²) in [6, 6.07) is 2.40. The first-order valence-electron chi connectivity index (χ1n) is 6.03. The maximum absolute atomic E-state index is 4.80. The van der Waals surface area contributed by atoms with Gasteiger partial charge in [0.15, 0.2) is 5.17 Å². The van der Waals surface area contributed by atoms with Crippen LogP contribution in [0.2, 0.25) is 0 Å². The van der Waals surface area contributed by atoms with Gasteiger partial charge < -0.3 is 5.32 Å². The molecule has 1 atom stereocenters. The SMILES string of the molecule is CC(C)(C)C1CCSC(Nc2cncc(Br)c2)=N1. The van der Waals surface area contributed by atoms with Crippen LogP contribution in [0.5, 0.6) is 0 Å². The second kappa shape index (κ2) is 5.61. The van der Waals surface area contributed by atoms with Crippen LogP contribution >= 0.6 is 27.7 Å². The molecule has 3 nitrogen and oxygen atoms in total. The Kier molecular flexibility index (Phi) is 4.33. The first-order chi connectivity index (χ1) is 8.45. The second-order valence-electron chi connectivity index (χ2n) is 5.47. The molecular weight excluding hydrogens is 310 g/mol. The number of hydrogen-bond acceptors (Lipinski definition) is 4. The van der Waals surface area contributed by atoms with Gasteiger partial charge in [0.1, 0.15) is 0 Å². The second-order valence-corrected chi connectivity index (χ2v) is 7.47. The maximum atomic E-state index is 4.80. The van der Waals surface area contributed by atoms with E-state index in [0.717, 1.165) is 27.5 Å². The zero-order valence-corrected chi connectivity index (χ0v) is 13.3. The van der Waals surface area contributed by atoms with E-state index in [9.17, 15) is 0 Å². The molecule has 1 unspecified atom stereocenters. The van der Waals surface area contributed by atoms with Gasteiger partial charge in [0.2, 0.25) is 0 Å². The van der Waals surface area contributed by atoms with E-state index >= 15 is 0 Å². The number of nitrogens with one attached hydrogen (secondary N) is 1. The lowest BCUT2D eigenvalue weighted by Gasteiger charge is -2.31. The van der Waals surface area contributed by atoms with Crippen LogP contribution in [0.25, 0.3) is 0 Å². The van der Waals surface area contributed by atoms with Crippen LogP contribution in [0.1, 0.15) is 27.2 Å². The molecule has 0 aromatic carbocycles. The lowest BCUT2D eigenvalue weighted by atomic mass is 9.85. The first-order valence-corrected chi connectivity index (χ1v) is 7.81. The van der Waals surface area contributed by atoms with Gasteiger partial charge in [0, 0.05) is 16.4 Å². The summed E-state index contributed by atoms with van der Waals surface area (Å²) in [5, 5.41) is 4.35. The lowest BCUT2D eigenvalue weighted by Crippen LogP contribution is -2.30. The van der Waals surface area contributed by atoms with E-state index < -0.39 is 0 Å². The monoisotopic (exact) mass is 327 g/mol. The summed E-state index contributed by atoms with van der Waals surface area (Å²) in [6.45, 7) is 6.74. The van der Waals surface area contributed by atoms with E-state index in [2.05, 4.69) is 47.0 Å². The van der Waals surface area contributed by atoms with Crippen LogP contribution in [0, 0.1) is 5.41 Å². The average Bonchev–Trinajstić information content (AvgIpc) is 2.28. The van der Waals surface area contributed by atoms with Crippen molar-refractivity contribution in [1.82, 2.24) is 4.98 Å². The van der Waals surface area contributed by atoms with Gasteiger partial charge in [-0.3, -0.25) is 9.98 Å². The van der Waals surface area contributed by atoms with E-state index in [1.807, 2.05) is 12.3 Å². The van der Waals surface area contributed by atoms with E-state index in [4.69, 9.17) is 4.99 Å². The van der Waals surface area contributed by atoms with Crippen LogP contribution in [0.3, 0.4) is 0 Å².